The fourth-order valence-electron chi connectivity index (χ4n) is 2.87. The van der Waals surface area contributed by atoms with Crippen molar-refractivity contribution in [1.29, 1.82) is 0 Å². The molecule has 2 aliphatic rings. The van der Waals surface area contributed by atoms with Crippen LogP contribution < -0.4 is 15.6 Å². The van der Waals surface area contributed by atoms with Gasteiger partial charge in [0.2, 0.25) is 12.1 Å². The summed E-state index contributed by atoms with van der Waals surface area (Å²) in [6.45, 7) is 0. The number of rotatable bonds is 4. The van der Waals surface area contributed by atoms with Gasteiger partial charge in [0, 0.05) is 16.9 Å². The molecule has 2 aromatic carbocycles. The van der Waals surface area contributed by atoms with Gasteiger partial charge in [-0.15, -0.1) is 0 Å². The van der Waals surface area contributed by atoms with Gasteiger partial charge in [0.15, 0.2) is 5.17 Å². The normalized spacial score (nSPS) is 17.5. The van der Waals surface area contributed by atoms with E-state index in [4.69, 9.17) is 0 Å². The standard InChI is InChI=1S/C19H14BrF2N5O2S/c20-11-4-5-15(14(22)8-11)23-16(28)10-30-19-25-24-17-18(29)26(6-7-27(17)19)13-3-1-2-12(21)9-13/h1-9,17,24H,10H2,(H,23,28). The van der Waals surface area contributed by atoms with Crippen molar-refractivity contribution in [2.24, 2.45) is 5.10 Å². The lowest BCUT2D eigenvalue weighted by Crippen LogP contribution is -2.52. The van der Waals surface area contributed by atoms with E-state index >= 15 is 0 Å². The Balaban J connectivity index is 1.38. The number of amidine groups is 1. The number of hydrogen-bond donors (Lipinski definition) is 2. The van der Waals surface area contributed by atoms with Gasteiger partial charge in [-0.1, -0.05) is 33.8 Å². The van der Waals surface area contributed by atoms with Crippen molar-refractivity contribution in [3.8, 4) is 0 Å². The molecule has 2 aromatic rings. The van der Waals surface area contributed by atoms with Gasteiger partial charge < -0.3 is 5.32 Å². The minimum absolute atomic E-state index is 0.0329. The highest BCUT2D eigenvalue weighted by molar-refractivity contribution is 9.10. The van der Waals surface area contributed by atoms with E-state index in [1.807, 2.05) is 0 Å². The number of anilines is 2. The number of nitrogens with zero attached hydrogens (tertiary/aromatic N) is 3. The summed E-state index contributed by atoms with van der Waals surface area (Å²) in [4.78, 5) is 27.8. The van der Waals surface area contributed by atoms with E-state index < -0.39 is 23.7 Å². The van der Waals surface area contributed by atoms with Crippen LogP contribution in [-0.2, 0) is 9.59 Å². The van der Waals surface area contributed by atoms with Crippen LogP contribution in [0.2, 0.25) is 0 Å². The Labute approximate surface area is 182 Å². The fraction of sp³-hybridized carbons (Fsp3) is 0.105. The zero-order valence-electron chi connectivity index (χ0n) is 15.2. The van der Waals surface area contributed by atoms with Crippen LogP contribution in [0, 0.1) is 11.6 Å². The molecule has 0 aliphatic carbocycles. The number of amides is 2. The van der Waals surface area contributed by atoms with Gasteiger partial charge in [-0.3, -0.25) is 24.8 Å². The topological polar surface area (TPSA) is 77.0 Å². The predicted molar refractivity (Wildman–Crippen MR) is 114 cm³/mol. The van der Waals surface area contributed by atoms with Crippen molar-refractivity contribution in [3.63, 3.8) is 0 Å². The number of halogens is 3. The Morgan fingerprint density at radius 1 is 1.23 bits per heavy atom. The number of fused-ring (bicyclic) bond motifs is 1. The van der Waals surface area contributed by atoms with Crippen LogP contribution in [0.25, 0.3) is 0 Å². The molecule has 2 amide bonds. The summed E-state index contributed by atoms with van der Waals surface area (Å²) in [6.07, 6.45) is 2.33. The number of benzene rings is 2. The highest BCUT2D eigenvalue weighted by Crippen LogP contribution is 2.26. The first-order chi connectivity index (χ1) is 14.4. The van der Waals surface area contributed by atoms with E-state index in [0.29, 0.717) is 15.3 Å². The first kappa shape index (κ1) is 20.4. The fourth-order valence-corrected chi connectivity index (χ4v) is 3.97. The van der Waals surface area contributed by atoms with Crippen molar-refractivity contribution >= 4 is 56.0 Å². The molecule has 0 saturated heterocycles. The summed E-state index contributed by atoms with van der Waals surface area (Å²) in [5.41, 5.74) is 3.20. The Kier molecular flexibility index (Phi) is 5.73. The summed E-state index contributed by atoms with van der Waals surface area (Å²) in [5.74, 6) is -1.79. The summed E-state index contributed by atoms with van der Waals surface area (Å²) in [7, 11) is 0. The molecule has 0 bridgehead atoms. The highest BCUT2D eigenvalue weighted by atomic mass is 79.9. The van der Waals surface area contributed by atoms with Crippen molar-refractivity contribution in [3.05, 3.63) is 71.0 Å². The Bertz CT molecular complexity index is 1080. The molecule has 1 atom stereocenters. The molecule has 4 rings (SSSR count). The third-order valence-corrected chi connectivity index (χ3v) is 5.71. The first-order valence-electron chi connectivity index (χ1n) is 8.68. The van der Waals surface area contributed by atoms with E-state index in [-0.39, 0.29) is 17.3 Å². The first-order valence-corrected chi connectivity index (χ1v) is 10.5. The van der Waals surface area contributed by atoms with E-state index in [2.05, 4.69) is 31.8 Å². The lowest BCUT2D eigenvalue weighted by Gasteiger charge is -2.31. The molecule has 7 nitrogen and oxygen atoms in total. The second-order valence-corrected chi connectivity index (χ2v) is 8.14. The molecule has 0 saturated carbocycles. The van der Waals surface area contributed by atoms with Crippen molar-refractivity contribution in [2.45, 2.75) is 6.17 Å². The van der Waals surface area contributed by atoms with Gasteiger partial charge in [0.1, 0.15) is 11.6 Å². The lowest BCUT2D eigenvalue weighted by atomic mass is 10.2. The Morgan fingerprint density at radius 2 is 2.07 bits per heavy atom. The van der Waals surface area contributed by atoms with Gasteiger partial charge >= 0.3 is 0 Å². The predicted octanol–water partition coefficient (Wildman–Crippen LogP) is 3.42. The molecule has 0 fully saturated rings. The van der Waals surface area contributed by atoms with E-state index in [1.165, 1.54) is 41.4 Å². The second-order valence-electron chi connectivity index (χ2n) is 6.28. The summed E-state index contributed by atoms with van der Waals surface area (Å²) in [6, 6.07) is 10.0. The lowest BCUT2D eigenvalue weighted by molar-refractivity contribution is -0.122. The molecule has 11 heteroatoms. The van der Waals surface area contributed by atoms with Crippen LogP contribution in [0.5, 0.6) is 0 Å². The van der Waals surface area contributed by atoms with Crippen molar-refractivity contribution < 1.29 is 18.4 Å². The average Bonchev–Trinajstić information content (AvgIpc) is 3.13. The van der Waals surface area contributed by atoms with Gasteiger partial charge in [-0.25, -0.2) is 8.78 Å². The zero-order valence-corrected chi connectivity index (χ0v) is 17.6. The molecule has 2 N–H and O–H groups in total. The molecule has 0 radical (unpaired) electrons. The molecule has 2 aliphatic heterocycles. The summed E-state index contributed by atoms with van der Waals surface area (Å²) < 4.78 is 27.9. The number of nitrogens with one attached hydrogen (secondary N) is 2. The number of thioether (sulfide) groups is 1. The van der Waals surface area contributed by atoms with Gasteiger partial charge in [-0.2, -0.15) is 5.10 Å². The van der Waals surface area contributed by atoms with E-state index in [0.717, 1.165) is 11.8 Å². The molecule has 1 unspecified atom stereocenters. The van der Waals surface area contributed by atoms with Gasteiger partial charge in [0.25, 0.3) is 5.91 Å². The average molecular weight is 494 g/mol. The number of carbonyl (C=O) groups is 2. The van der Waals surface area contributed by atoms with Crippen LogP contribution in [0.4, 0.5) is 20.2 Å². The summed E-state index contributed by atoms with van der Waals surface area (Å²) >= 11 is 4.25. The Morgan fingerprint density at radius 3 is 2.83 bits per heavy atom. The molecular formula is C19H14BrF2N5O2S. The van der Waals surface area contributed by atoms with Crippen LogP contribution in [0.15, 0.2) is 64.4 Å². The van der Waals surface area contributed by atoms with Gasteiger partial charge in [0.05, 0.1) is 17.1 Å². The van der Waals surface area contributed by atoms with Gasteiger partial charge in [-0.05, 0) is 36.4 Å². The number of hydrazone groups is 1. The van der Waals surface area contributed by atoms with Crippen LogP contribution in [0.3, 0.4) is 0 Å². The third kappa shape index (κ3) is 4.17. The molecule has 154 valence electrons. The largest absolute Gasteiger partial charge is 0.323 e. The molecule has 0 spiro atoms. The maximum atomic E-state index is 13.8. The minimum atomic E-state index is -0.798. The number of hydrogen-bond acceptors (Lipinski definition) is 6. The SMILES string of the molecule is O=C(CSC1=NNC2C(=O)N(c3cccc(F)c3)C=CN12)Nc1ccc(Br)cc1F. The maximum Gasteiger partial charge on any atom is 0.276 e. The monoisotopic (exact) mass is 493 g/mol. The highest BCUT2D eigenvalue weighted by Gasteiger charge is 2.38. The third-order valence-electron chi connectivity index (χ3n) is 4.25. The quantitative estimate of drug-likeness (QED) is 0.682. The Hall–Kier alpha value is -2.92. The smallest absolute Gasteiger partial charge is 0.276 e. The molecular weight excluding hydrogens is 480 g/mol. The van der Waals surface area contributed by atoms with Crippen LogP contribution >= 0.6 is 27.7 Å². The van der Waals surface area contributed by atoms with Crippen molar-refractivity contribution in [1.82, 2.24) is 10.3 Å². The van der Waals surface area contributed by atoms with Crippen LogP contribution in [-0.4, -0.2) is 33.8 Å². The molecule has 0 aromatic heterocycles. The van der Waals surface area contributed by atoms with E-state index in [9.17, 15) is 18.4 Å². The molecule has 2 heterocycles. The van der Waals surface area contributed by atoms with Crippen LogP contribution in [0.1, 0.15) is 0 Å². The summed E-state index contributed by atoms with van der Waals surface area (Å²) in [5, 5.41) is 7.02. The molecule has 30 heavy (non-hydrogen) atoms. The zero-order chi connectivity index (χ0) is 21.3. The van der Waals surface area contributed by atoms with Crippen molar-refractivity contribution in [2.75, 3.05) is 16.0 Å². The second kappa shape index (κ2) is 8.44. The number of carbonyl (C=O) groups excluding carboxylic acids is 2. The maximum absolute atomic E-state index is 13.8. The van der Waals surface area contributed by atoms with E-state index in [1.54, 1.807) is 23.2 Å². The minimum Gasteiger partial charge on any atom is -0.323 e.